The minimum atomic E-state index is -0.600. The standard InChI is InChI=1S/C9H19NOS/c1-7(2)8(10)9(11)4-3-5-12-6-9/h7-8,11H,3-6,10H2,1-2H3. The van der Waals surface area contributed by atoms with E-state index in [4.69, 9.17) is 5.73 Å². The van der Waals surface area contributed by atoms with E-state index in [1.165, 1.54) is 5.75 Å². The fraction of sp³-hybridized carbons (Fsp3) is 1.00. The van der Waals surface area contributed by atoms with Crippen molar-refractivity contribution in [1.29, 1.82) is 0 Å². The summed E-state index contributed by atoms with van der Waals surface area (Å²) in [6, 6.07) is -0.0645. The van der Waals surface area contributed by atoms with E-state index in [9.17, 15) is 5.11 Å². The number of hydrogen-bond donors (Lipinski definition) is 2. The SMILES string of the molecule is CC(C)C(N)C1(O)CCCSC1. The number of rotatable bonds is 2. The van der Waals surface area contributed by atoms with Crippen molar-refractivity contribution in [1.82, 2.24) is 0 Å². The number of aliphatic hydroxyl groups is 1. The molecule has 0 bridgehead atoms. The van der Waals surface area contributed by atoms with Crippen LogP contribution >= 0.6 is 11.8 Å². The Bertz CT molecular complexity index is 143. The van der Waals surface area contributed by atoms with Gasteiger partial charge >= 0.3 is 0 Å². The number of hydrogen-bond acceptors (Lipinski definition) is 3. The molecule has 2 nitrogen and oxygen atoms in total. The maximum absolute atomic E-state index is 10.2. The number of thioether (sulfide) groups is 1. The van der Waals surface area contributed by atoms with E-state index in [2.05, 4.69) is 13.8 Å². The average molecular weight is 189 g/mol. The molecule has 3 N–H and O–H groups in total. The van der Waals surface area contributed by atoms with Gasteiger partial charge in [-0.1, -0.05) is 13.8 Å². The van der Waals surface area contributed by atoms with E-state index in [-0.39, 0.29) is 6.04 Å². The fourth-order valence-corrected chi connectivity index (χ4v) is 2.87. The molecule has 0 aliphatic carbocycles. The van der Waals surface area contributed by atoms with Crippen molar-refractivity contribution < 1.29 is 5.11 Å². The van der Waals surface area contributed by atoms with Crippen molar-refractivity contribution in [3.63, 3.8) is 0 Å². The quantitative estimate of drug-likeness (QED) is 0.687. The van der Waals surface area contributed by atoms with Crippen molar-refractivity contribution in [3.8, 4) is 0 Å². The van der Waals surface area contributed by atoms with Crippen LogP contribution in [0, 0.1) is 5.92 Å². The molecular weight excluding hydrogens is 170 g/mol. The summed E-state index contributed by atoms with van der Waals surface area (Å²) < 4.78 is 0. The summed E-state index contributed by atoms with van der Waals surface area (Å²) >= 11 is 1.82. The lowest BCUT2D eigenvalue weighted by molar-refractivity contribution is 0.0116. The summed E-state index contributed by atoms with van der Waals surface area (Å²) in [5, 5.41) is 10.2. The summed E-state index contributed by atoms with van der Waals surface area (Å²) in [6.07, 6.45) is 1.97. The van der Waals surface area contributed by atoms with Gasteiger partial charge in [0.25, 0.3) is 0 Å². The second-order valence-corrected chi connectivity index (χ2v) is 5.13. The zero-order valence-electron chi connectivity index (χ0n) is 7.92. The third kappa shape index (κ3) is 2.15. The average Bonchev–Trinajstić information content (AvgIpc) is 2.04. The molecule has 0 radical (unpaired) electrons. The Morgan fingerprint density at radius 2 is 2.17 bits per heavy atom. The topological polar surface area (TPSA) is 46.2 Å². The largest absolute Gasteiger partial charge is 0.387 e. The van der Waals surface area contributed by atoms with Crippen LogP contribution in [0.2, 0.25) is 0 Å². The van der Waals surface area contributed by atoms with Crippen molar-refractivity contribution in [2.24, 2.45) is 11.7 Å². The first-order valence-corrected chi connectivity index (χ1v) is 5.77. The Kier molecular flexibility index (Phi) is 3.44. The molecule has 12 heavy (non-hydrogen) atoms. The summed E-state index contributed by atoms with van der Waals surface area (Å²) in [5.74, 6) is 2.35. The highest BCUT2D eigenvalue weighted by molar-refractivity contribution is 7.99. The molecule has 0 amide bonds. The lowest BCUT2D eigenvalue weighted by Gasteiger charge is -2.38. The molecule has 0 aromatic carbocycles. The highest BCUT2D eigenvalue weighted by Crippen LogP contribution is 2.31. The van der Waals surface area contributed by atoms with Gasteiger partial charge in [0.1, 0.15) is 0 Å². The molecule has 3 heteroatoms. The summed E-state index contributed by atoms with van der Waals surface area (Å²) in [6.45, 7) is 4.14. The third-order valence-electron chi connectivity index (χ3n) is 2.59. The molecule has 1 fully saturated rings. The Hall–Kier alpha value is 0.270. The zero-order chi connectivity index (χ0) is 9.19. The normalized spacial score (nSPS) is 33.8. The van der Waals surface area contributed by atoms with Crippen molar-refractivity contribution in [2.75, 3.05) is 11.5 Å². The maximum Gasteiger partial charge on any atom is 0.0890 e. The summed E-state index contributed by atoms with van der Waals surface area (Å²) in [4.78, 5) is 0. The van der Waals surface area contributed by atoms with Crippen LogP contribution in [0.25, 0.3) is 0 Å². The Morgan fingerprint density at radius 1 is 1.50 bits per heavy atom. The van der Waals surface area contributed by atoms with E-state index in [1.807, 2.05) is 11.8 Å². The number of nitrogens with two attached hydrogens (primary N) is 1. The summed E-state index contributed by atoms with van der Waals surface area (Å²) in [5.41, 5.74) is 5.36. The van der Waals surface area contributed by atoms with Gasteiger partial charge in [-0.15, -0.1) is 0 Å². The predicted octanol–water partition coefficient (Wildman–Crippen LogP) is 1.23. The first-order valence-electron chi connectivity index (χ1n) is 4.62. The predicted molar refractivity (Wildman–Crippen MR) is 54.3 cm³/mol. The first kappa shape index (κ1) is 10.4. The van der Waals surface area contributed by atoms with Crippen LogP contribution in [0.3, 0.4) is 0 Å². The van der Waals surface area contributed by atoms with E-state index in [0.29, 0.717) is 5.92 Å². The Balaban J connectivity index is 2.56. The van der Waals surface area contributed by atoms with E-state index in [0.717, 1.165) is 18.6 Å². The van der Waals surface area contributed by atoms with Crippen molar-refractivity contribution in [2.45, 2.75) is 38.3 Å². The van der Waals surface area contributed by atoms with Gasteiger partial charge in [0.15, 0.2) is 0 Å². The second kappa shape index (κ2) is 3.99. The van der Waals surface area contributed by atoms with Crippen LogP contribution in [-0.2, 0) is 0 Å². The Morgan fingerprint density at radius 3 is 2.58 bits per heavy atom. The second-order valence-electron chi connectivity index (χ2n) is 4.03. The molecule has 0 saturated carbocycles. The van der Waals surface area contributed by atoms with Gasteiger partial charge in [-0.05, 0) is 24.5 Å². The van der Waals surface area contributed by atoms with E-state index < -0.39 is 5.60 Å². The van der Waals surface area contributed by atoms with Gasteiger partial charge in [-0.2, -0.15) is 11.8 Å². The molecular formula is C9H19NOS. The smallest absolute Gasteiger partial charge is 0.0890 e. The third-order valence-corrected chi connectivity index (χ3v) is 3.87. The Labute approximate surface area is 78.9 Å². The van der Waals surface area contributed by atoms with Crippen LogP contribution in [0.15, 0.2) is 0 Å². The molecule has 0 aromatic heterocycles. The minimum Gasteiger partial charge on any atom is -0.387 e. The van der Waals surface area contributed by atoms with Crippen LogP contribution in [-0.4, -0.2) is 28.3 Å². The van der Waals surface area contributed by atoms with Gasteiger partial charge in [0, 0.05) is 11.8 Å². The van der Waals surface area contributed by atoms with Gasteiger partial charge in [-0.3, -0.25) is 0 Å². The molecule has 2 atom stereocenters. The zero-order valence-corrected chi connectivity index (χ0v) is 8.73. The molecule has 1 rings (SSSR count). The fourth-order valence-electron chi connectivity index (χ4n) is 1.68. The van der Waals surface area contributed by atoms with Gasteiger partial charge in [-0.25, -0.2) is 0 Å². The molecule has 72 valence electrons. The highest BCUT2D eigenvalue weighted by Gasteiger charge is 2.37. The van der Waals surface area contributed by atoms with Gasteiger partial charge < -0.3 is 10.8 Å². The molecule has 1 heterocycles. The van der Waals surface area contributed by atoms with Crippen LogP contribution in [0.4, 0.5) is 0 Å². The van der Waals surface area contributed by atoms with E-state index >= 15 is 0 Å². The molecule has 1 saturated heterocycles. The van der Waals surface area contributed by atoms with Crippen molar-refractivity contribution in [3.05, 3.63) is 0 Å². The highest BCUT2D eigenvalue weighted by atomic mass is 32.2. The molecule has 1 aliphatic rings. The molecule has 0 spiro atoms. The minimum absolute atomic E-state index is 0.0645. The monoisotopic (exact) mass is 189 g/mol. The molecule has 2 unspecified atom stereocenters. The first-order chi connectivity index (χ1) is 5.56. The van der Waals surface area contributed by atoms with Crippen molar-refractivity contribution >= 4 is 11.8 Å². The lowest BCUT2D eigenvalue weighted by atomic mass is 9.85. The maximum atomic E-state index is 10.2. The van der Waals surface area contributed by atoms with Crippen LogP contribution < -0.4 is 5.73 Å². The van der Waals surface area contributed by atoms with Gasteiger partial charge in [0.2, 0.25) is 0 Å². The van der Waals surface area contributed by atoms with Gasteiger partial charge in [0.05, 0.1) is 5.60 Å². The molecule has 0 aromatic rings. The van der Waals surface area contributed by atoms with E-state index in [1.54, 1.807) is 0 Å². The van der Waals surface area contributed by atoms with Crippen LogP contribution in [0.1, 0.15) is 26.7 Å². The summed E-state index contributed by atoms with van der Waals surface area (Å²) in [7, 11) is 0. The lowest BCUT2D eigenvalue weighted by Crippen LogP contribution is -2.54. The van der Waals surface area contributed by atoms with Crippen LogP contribution in [0.5, 0.6) is 0 Å². The molecule has 1 aliphatic heterocycles.